The molecule has 0 aliphatic carbocycles. The Labute approximate surface area is 115 Å². The molecular formula is C13H15ClO3S. The first-order valence-corrected chi connectivity index (χ1v) is 7.39. The number of halogens is 1. The van der Waals surface area contributed by atoms with E-state index in [0.29, 0.717) is 10.8 Å². The highest BCUT2D eigenvalue weighted by Crippen LogP contribution is 2.31. The number of hydrogen-bond acceptors (Lipinski definition) is 3. The van der Waals surface area contributed by atoms with E-state index in [1.165, 1.54) is 0 Å². The summed E-state index contributed by atoms with van der Waals surface area (Å²) in [4.78, 5) is 11.3. The minimum Gasteiger partial charge on any atom is -0.491 e. The second-order valence-corrected chi connectivity index (χ2v) is 5.87. The zero-order valence-corrected chi connectivity index (χ0v) is 11.4. The average molecular weight is 287 g/mol. The first kappa shape index (κ1) is 13.6. The Morgan fingerprint density at radius 1 is 1.56 bits per heavy atom. The molecule has 0 amide bonds. The van der Waals surface area contributed by atoms with Crippen molar-refractivity contribution in [2.24, 2.45) is 11.8 Å². The molecule has 1 N–H and O–H groups in total. The Hall–Kier alpha value is -0.870. The minimum atomic E-state index is -0.783. The van der Waals surface area contributed by atoms with Gasteiger partial charge in [-0.3, -0.25) is 4.79 Å². The van der Waals surface area contributed by atoms with Gasteiger partial charge in [-0.25, -0.2) is 0 Å². The minimum absolute atomic E-state index is 0.185. The van der Waals surface area contributed by atoms with Crippen LogP contribution in [-0.4, -0.2) is 29.2 Å². The number of thioether (sulfide) groups is 1. The fraction of sp³-hybridized carbons (Fsp3) is 0.462. The summed E-state index contributed by atoms with van der Waals surface area (Å²) < 4.78 is 5.55. The molecule has 1 aliphatic heterocycles. The van der Waals surface area contributed by atoms with Gasteiger partial charge in [0.05, 0.1) is 10.9 Å². The molecule has 1 aliphatic rings. The van der Waals surface area contributed by atoms with Crippen LogP contribution in [0.25, 0.3) is 0 Å². The summed E-state index contributed by atoms with van der Waals surface area (Å²) in [6.45, 7) is 0.185. The zero-order valence-electron chi connectivity index (χ0n) is 9.84. The van der Waals surface area contributed by atoms with Crippen molar-refractivity contribution in [2.45, 2.75) is 6.42 Å². The van der Waals surface area contributed by atoms with Crippen LogP contribution in [0, 0.1) is 11.8 Å². The standard InChI is InChI=1S/C13H15ClO3S/c14-11-3-1-2-4-12(11)17-7-10(13(15)16)9-5-6-18-8-9/h1-4,9-10H,5-8H2,(H,15,16). The van der Waals surface area contributed by atoms with Gasteiger partial charge in [0.15, 0.2) is 0 Å². The second kappa shape index (κ2) is 6.34. The van der Waals surface area contributed by atoms with Gasteiger partial charge in [0.25, 0.3) is 0 Å². The van der Waals surface area contributed by atoms with Gasteiger partial charge >= 0.3 is 5.97 Å². The number of carboxylic acids is 1. The molecule has 2 atom stereocenters. The number of aliphatic carboxylic acids is 1. The highest BCUT2D eigenvalue weighted by atomic mass is 35.5. The van der Waals surface area contributed by atoms with Crippen LogP contribution in [-0.2, 0) is 4.79 Å². The van der Waals surface area contributed by atoms with Gasteiger partial charge in [-0.15, -0.1) is 0 Å². The van der Waals surface area contributed by atoms with Gasteiger partial charge in [-0.2, -0.15) is 11.8 Å². The quantitative estimate of drug-likeness (QED) is 0.903. The Balaban J connectivity index is 1.97. The maximum atomic E-state index is 11.3. The predicted octanol–water partition coefficient (Wildman–Crippen LogP) is 3.17. The highest BCUT2D eigenvalue weighted by Gasteiger charge is 2.31. The Morgan fingerprint density at radius 3 is 2.94 bits per heavy atom. The van der Waals surface area contributed by atoms with E-state index in [-0.39, 0.29) is 12.5 Å². The molecule has 18 heavy (non-hydrogen) atoms. The normalized spacial score (nSPS) is 20.6. The van der Waals surface area contributed by atoms with Crippen molar-refractivity contribution in [3.8, 4) is 5.75 Å². The predicted molar refractivity (Wildman–Crippen MR) is 73.5 cm³/mol. The number of carboxylic acid groups (broad SMARTS) is 1. The fourth-order valence-electron chi connectivity index (χ4n) is 2.02. The van der Waals surface area contributed by atoms with E-state index in [2.05, 4.69) is 0 Å². The van der Waals surface area contributed by atoms with Crippen molar-refractivity contribution in [1.29, 1.82) is 0 Å². The lowest BCUT2D eigenvalue weighted by Gasteiger charge is -2.19. The zero-order chi connectivity index (χ0) is 13.0. The van der Waals surface area contributed by atoms with Crippen molar-refractivity contribution in [1.82, 2.24) is 0 Å². The third kappa shape index (κ3) is 3.33. The summed E-state index contributed by atoms with van der Waals surface area (Å²) in [5, 5.41) is 9.77. The van der Waals surface area contributed by atoms with Crippen molar-refractivity contribution >= 4 is 29.3 Å². The number of para-hydroxylation sites is 1. The maximum absolute atomic E-state index is 11.3. The molecule has 0 aromatic heterocycles. The number of carbonyl (C=O) groups is 1. The molecule has 2 unspecified atom stereocenters. The Bertz CT molecular complexity index is 418. The van der Waals surface area contributed by atoms with Gasteiger partial charge in [0.1, 0.15) is 12.4 Å². The average Bonchev–Trinajstić information content (AvgIpc) is 2.85. The van der Waals surface area contributed by atoms with Crippen LogP contribution in [0.2, 0.25) is 5.02 Å². The molecule has 1 saturated heterocycles. The van der Waals surface area contributed by atoms with Crippen LogP contribution in [0.5, 0.6) is 5.75 Å². The molecule has 1 aromatic carbocycles. The lowest BCUT2D eigenvalue weighted by molar-refractivity contribution is -0.144. The lowest BCUT2D eigenvalue weighted by atomic mass is 9.93. The molecule has 1 fully saturated rings. The van der Waals surface area contributed by atoms with E-state index >= 15 is 0 Å². The third-order valence-electron chi connectivity index (χ3n) is 3.11. The fourth-order valence-corrected chi connectivity index (χ4v) is 3.55. The molecule has 5 heteroatoms. The van der Waals surface area contributed by atoms with Gasteiger partial charge in [-0.05, 0) is 36.0 Å². The van der Waals surface area contributed by atoms with Crippen LogP contribution < -0.4 is 4.74 Å². The SMILES string of the molecule is O=C(O)C(COc1ccccc1Cl)C1CCSC1. The molecule has 0 bridgehead atoms. The van der Waals surface area contributed by atoms with Gasteiger partial charge in [0, 0.05) is 0 Å². The molecule has 1 heterocycles. The Morgan fingerprint density at radius 2 is 2.33 bits per heavy atom. The lowest BCUT2D eigenvalue weighted by Crippen LogP contribution is -2.29. The van der Waals surface area contributed by atoms with Crippen LogP contribution in [0.3, 0.4) is 0 Å². The number of hydrogen-bond donors (Lipinski definition) is 1. The van der Waals surface area contributed by atoms with E-state index in [1.807, 2.05) is 23.9 Å². The molecule has 0 radical (unpaired) electrons. The molecule has 1 aromatic rings. The number of ether oxygens (including phenoxy) is 1. The van der Waals surface area contributed by atoms with E-state index in [4.69, 9.17) is 16.3 Å². The summed E-state index contributed by atoms with van der Waals surface area (Å²) in [6.07, 6.45) is 0.952. The van der Waals surface area contributed by atoms with Crippen LogP contribution in [0.15, 0.2) is 24.3 Å². The van der Waals surface area contributed by atoms with Gasteiger partial charge < -0.3 is 9.84 Å². The number of benzene rings is 1. The highest BCUT2D eigenvalue weighted by molar-refractivity contribution is 7.99. The topological polar surface area (TPSA) is 46.5 Å². The smallest absolute Gasteiger partial charge is 0.310 e. The summed E-state index contributed by atoms with van der Waals surface area (Å²) in [7, 11) is 0. The molecule has 0 spiro atoms. The van der Waals surface area contributed by atoms with Crippen molar-refractivity contribution in [3.63, 3.8) is 0 Å². The van der Waals surface area contributed by atoms with Gasteiger partial charge in [0.2, 0.25) is 0 Å². The Kier molecular flexibility index (Phi) is 4.78. The molecule has 0 saturated carbocycles. The first-order chi connectivity index (χ1) is 8.68. The summed E-state index contributed by atoms with van der Waals surface area (Å²) in [5.74, 6) is 1.47. The largest absolute Gasteiger partial charge is 0.491 e. The van der Waals surface area contributed by atoms with Crippen LogP contribution >= 0.6 is 23.4 Å². The summed E-state index contributed by atoms with van der Waals surface area (Å²) in [6, 6.07) is 7.13. The van der Waals surface area contributed by atoms with E-state index < -0.39 is 11.9 Å². The van der Waals surface area contributed by atoms with E-state index in [9.17, 15) is 9.90 Å². The van der Waals surface area contributed by atoms with Gasteiger partial charge in [-0.1, -0.05) is 23.7 Å². The molecular weight excluding hydrogens is 272 g/mol. The number of rotatable bonds is 5. The monoisotopic (exact) mass is 286 g/mol. The van der Waals surface area contributed by atoms with Crippen LogP contribution in [0.4, 0.5) is 0 Å². The molecule has 98 valence electrons. The molecule has 3 nitrogen and oxygen atoms in total. The summed E-state index contributed by atoms with van der Waals surface area (Å²) in [5.41, 5.74) is 0. The second-order valence-electron chi connectivity index (χ2n) is 4.31. The first-order valence-electron chi connectivity index (χ1n) is 5.86. The van der Waals surface area contributed by atoms with E-state index in [1.54, 1.807) is 12.1 Å². The van der Waals surface area contributed by atoms with E-state index in [0.717, 1.165) is 17.9 Å². The maximum Gasteiger partial charge on any atom is 0.310 e. The third-order valence-corrected chi connectivity index (χ3v) is 4.61. The van der Waals surface area contributed by atoms with Crippen molar-refractivity contribution in [3.05, 3.63) is 29.3 Å². The molecule has 2 rings (SSSR count). The summed E-state index contributed by atoms with van der Waals surface area (Å²) >= 11 is 7.78. The van der Waals surface area contributed by atoms with Crippen molar-refractivity contribution in [2.75, 3.05) is 18.1 Å². The van der Waals surface area contributed by atoms with Crippen molar-refractivity contribution < 1.29 is 14.6 Å². The van der Waals surface area contributed by atoms with Crippen LogP contribution in [0.1, 0.15) is 6.42 Å².